The lowest BCUT2D eigenvalue weighted by Crippen LogP contribution is -2.32. The first-order valence-electron chi connectivity index (χ1n) is 5.80. The Morgan fingerprint density at radius 3 is 2.59 bits per heavy atom. The van der Waals surface area contributed by atoms with Crippen LogP contribution in [0, 0.1) is 0 Å². The molecule has 0 aliphatic carbocycles. The van der Waals surface area contributed by atoms with Crippen LogP contribution in [0.1, 0.15) is 26.0 Å². The van der Waals surface area contributed by atoms with Crippen molar-refractivity contribution in [2.75, 3.05) is 0 Å². The molecule has 0 radical (unpaired) electrons. The van der Waals surface area contributed by atoms with Gasteiger partial charge in [-0.2, -0.15) is 0 Å². The SMILES string of the molecule is CC(C)(N)CCc1cn(-c2ccccc2)nn1. The van der Waals surface area contributed by atoms with Crippen molar-refractivity contribution in [3.63, 3.8) is 0 Å². The molecule has 17 heavy (non-hydrogen) atoms. The molecule has 0 fully saturated rings. The maximum Gasteiger partial charge on any atom is 0.0832 e. The number of aryl methyl sites for hydroxylation is 1. The van der Waals surface area contributed by atoms with E-state index in [1.54, 1.807) is 4.68 Å². The lowest BCUT2D eigenvalue weighted by atomic mass is 9.99. The summed E-state index contributed by atoms with van der Waals surface area (Å²) in [5, 5.41) is 8.27. The zero-order valence-electron chi connectivity index (χ0n) is 10.3. The molecule has 0 spiro atoms. The summed E-state index contributed by atoms with van der Waals surface area (Å²) in [4.78, 5) is 0. The van der Waals surface area contributed by atoms with Gasteiger partial charge in [0.1, 0.15) is 0 Å². The fourth-order valence-electron chi connectivity index (χ4n) is 1.57. The monoisotopic (exact) mass is 230 g/mol. The highest BCUT2D eigenvalue weighted by molar-refractivity contribution is 5.29. The Hall–Kier alpha value is -1.68. The van der Waals surface area contributed by atoms with Crippen LogP contribution < -0.4 is 5.73 Å². The molecule has 4 heteroatoms. The molecule has 0 atom stereocenters. The Kier molecular flexibility index (Phi) is 3.24. The second-order valence-corrected chi connectivity index (χ2v) is 4.98. The van der Waals surface area contributed by atoms with Crippen LogP contribution in [-0.4, -0.2) is 20.5 Å². The summed E-state index contributed by atoms with van der Waals surface area (Å²) in [6.07, 6.45) is 3.72. The number of benzene rings is 1. The van der Waals surface area contributed by atoms with Gasteiger partial charge in [0.15, 0.2) is 0 Å². The predicted molar refractivity (Wildman–Crippen MR) is 67.9 cm³/mol. The maximum absolute atomic E-state index is 5.95. The quantitative estimate of drug-likeness (QED) is 0.873. The van der Waals surface area contributed by atoms with Crippen molar-refractivity contribution in [3.8, 4) is 5.69 Å². The van der Waals surface area contributed by atoms with Crippen molar-refractivity contribution in [2.24, 2.45) is 5.73 Å². The number of para-hydroxylation sites is 1. The summed E-state index contributed by atoms with van der Waals surface area (Å²) >= 11 is 0. The first-order chi connectivity index (χ1) is 8.04. The largest absolute Gasteiger partial charge is 0.326 e. The van der Waals surface area contributed by atoms with E-state index in [1.165, 1.54) is 0 Å². The fourth-order valence-corrected chi connectivity index (χ4v) is 1.57. The summed E-state index contributed by atoms with van der Waals surface area (Å²) in [6.45, 7) is 4.04. The molecule has 2 aromatic rings. The number of aromatic nitrogens is 3. The Morgan fingerprint density at radius 1 is 1.24 bits per heavy atom. The molecule has 1 heterocycles. The lowest BCUT2D eigenvalue weighted by Gasteiger charge is -2.16. The fraction of sp³-hybridized carbons (Fsp3) is 0.385. The van der Waals surface area contributed by atoms with E-state index < -0.39 is 0 Å². The summed E-state index contributed by atoms with van der Waals surface area (Å²) in [7, 11) is 0. The molecule has 0 saturated carbocycles. The number of nitrogens with zero attached hydrogens (tertiary/aromatic N) is 3. The molecular weight excluding hydrogens is 212 g/mol. The number of hydrogen-bond acceptors (Lipinski definition) is 3. The van der Waals surface area contributed by atoms with Gasteiger partial charge in [0, 0.05) is 5.54 Å². The zero-order chi connectivity index (χ0) is 12.3. The smallest absolute Gasteiger partial charge is 0.0832 e. The first-order valence-corrected chi connectivity index (χ1v) is 5.80. The molecule has 1 aromatic heterocycles. The molecule has 0 bridgehead atoms. The third kappa shape index (κ3) is 3.39. The second kappa shape index (κ2) is 4.67. The van der Waals surface area contributed by atoms with Crippen molar-refractivity contribution >= 4 is 0 Å². The van der Waals surface area contributed by atoms with Crippen LogP contribution in [0.25, 0.3) is 5.69 Å². The molecule has 0 saturated heterocycles. The van der Waals surface area contributed by atoms with E-state index >= 15 is 0 Å². The highest BCUT2D eigenvalue weighted by Gasteiger charge is 2.12. The van der Waals surface area contributed by atoms with Crippen molar-refractivity contribution in [2.45, 2.75) is 32.2 Å². The molecule has 2 N–H and O–H groups in total. The Bertz CT molecular complexity index is 468. The Labute approximate surface area is 101 Å². The van der Waals surface area contributed by atoms with E-state index in [4.69, 9.17) is 5.73 Å². The summed E-state index contributed by atoms with van der Waals surface area (Å²) in [6, 6.07) is 9.97. The van der Waals surface area contributed by atoms with E-state index in [2.05, 4.69) is 10.3 Å². The van der Waals surface area contributed by atoms with Crippen molar-refractivity contribution in [1.82, 2.24) is 15.0 Å². The van der Waals surface area contributed by atoms with Crippen LogP contribution in [0.5, 0.6) is 0 Å². The molecule has 0 unspecified atom stereocenters. The van der Waals surface area contributed by atoms with E-state index in [9.17, 15) is 0 Å². The van der Waals surface area contributed by atoms with Gasteiger partial charge in [-0.3, -0.25) is 0 Å². The number of nitrogens with two attached hydrogens (primary N) is 1. The molecule has 0 amide bonds. The minimum Gasteiger partial charge on any atom is -0.326 e. The van der Waals surface area contributed by atoms with Crippen LogP contribution in [0.4, 0.5) is 0 Å². The minimum atomic E-state index is -0.156. The van der Waals surface area contributed by atoms with Gasteiger partial charge in [0.05, 0.1) is 17.6 Å². The molecule has 0 aliphatic heterocycles. The Morgan fingerprint density at radius 2 is 1.94 bits per heavy atom. The molecule has 4 nitrogen and oxygen atoms in total. The molecule has 90 valence electrons. The number of hydrogen-bond donors (Lipinski definition) is 1. The van der Waals surface area contributed by atoms with Crippen LogP contribution in [-0.2, 0) is 6.42 Å². The maximum atomic E-state index is 5.95. The highest BCUT2D eigenvalue weighted by Crippen LogP contribution is 2.10. The lowest BCUT2D eigenvalue weighted by molar-refractivity contribution is 0.474. The summed E-state index contributed by atoms with van der Waals surface area (Å²) in [5.74, 6) is 0. The normalized spacial score (nSPS) is 11.7. The third-order valence-corrected chi connectivity index (χ3v) is 2.59. The first kappa shape index (κ1) is 11.8. The van der Waals surface area contributed by atoms with Gasteiger partial charge in [0.25, 0.3) is 0 Å². The van der Waals surface area contributed by atoms with Crippen molar-refractivity contribution in [3.05, 3.63) is 42.2 Å². The van der Waals surface area contributed by atoms with Gasteiger partial charge < -0.3 is 5.73 Å². The van der Waals surface area contributed by atoms with Crippen LogP contribution in [0.15, 0.2) is 36.5 Å². The average molecular weight is 230 g/mol. The van der Waals surface area contributed by atoms with E-state index in [0.717, 1.165) is 24.2 Å². The van der Waals surface area contributed by atoms with Gasteiger partial charge in [-0.1, -0.05) is 23.4 Å². The van der Waals surface area contributed by atoms with Gasteiger partial charge in [-0.15, -0.1) is 5.10 Å². The minimum absolute atomic E-state index is 0.156. The van der Waals surface area contributed by atoms with Gasteiger partial charge in [-0.25, -0.2) is 4.68 Å². The standard InChI is InChI=1S/C13H18N4/c1-13(2,14)9-8-11-10-17(16-15-11)12-6-4-3-5-7-12/h3-7,10H,8-9,14H2,1-2H3. The van der Waals surface area contributed by atoms with Crippen LogP contribution >= 0.6 is 0 Å². The van der Waals surface area contributed by atoms with E-state index in [0.29, 0.717) is 0 Å². The molecule has 0 aliphatic rings. The molecule has 2 rings (SSSR count). The third-order valence-electron chi connectivity index (χ3n) is 2.59. The van der Waals surface area contributed by atoms with Crippen molar-refractivity contribution < 1.29 is 0 Å². The topological polar surface area (TPSA) is 56.7 Å². The van der Waals surface area contributed by atoms with Gasteiger partial charge in [-0.05, 0) is 38.8 Å². The average Bonchev–Trinajstić information content (AvgIpc) is 2.75. The van der Waals surface area contributed by atoms with E-state index in [-0.39, 0.29) is 5.54 Å². The van der Waals surface area contributed by atoms with Crippen LogP contribution in [0.2, 0.25) is 0 Å². The molecule has 1 aromatic carbocycles. The number of rotatable bonds is 4. The summed E-state index contributed by atoms with van der Waals surface area (Å²) in [5.41, 5.74) is 7.80. The van der Waals surface area contributed by atoms with Gasteiger partial charge in [0.2, 0.25) is 0 Å². The molecular formula is C13H18N4. The zero-order valence-corrected chi connectivity index (χ0v) is 10.3. The highest BCUT2D eigenvalue weighted by atomic mass is 15.4. The van der Waals surface area contributed by atoms with E-state index in [1.807, 2.05) is 50.4 Å². The Balaban J connectivity index is 2.07. The van der Waals surface area contributed by atoms with Crippen molar-refractivity contribution in [1.29, 1.82) is 0 Å². The van der Waals surface area contributed by atoms with Crippen LogP contribution in [0.3, 0.4) is 0 Å². The second-order valence-electron chi connectivity index (χ2n) is 4.98. The predicted octanol–water partition coefficient (Wildman–Crippen LogP) is 1.94. The summed E-state index contributed by atoms with van der Waals surface area (Å²) < 4.78 is 1.79. The van der Waals surface area contributed by atoms with Gasteiger partial charge >= 0.3 is 0 Å².